The van der Waals surface area contributed by atoms with Crippen LogP contribution in [-0.4, -0.2) is 36.5 Å². The van der Waals surface area contributed by atoms with Gasteiger partial charge in [-0.1, -0.05) is 35.9 Å². The van der Waals surface area contributed by atoms with Crippen LogP contribution >= 0.6 is 23.4 Å². The molecule has 7 heteroatoms. The average molecular weight is 407 g/mol. The van der Waals surface area contributed by atoms with E-state index in [0.29, 0.717) is 22.9 Å². The lowest BCUT2D eigenvalue weighted by Crippen LogP contribution is -2.46. The lowest BCUT2D eigenvalue weighted by Gasteiger charge is -2.19. The number of rotatable bonds is 9. The number of para-hydroxylation sites is 1. The maximum Gasteiger partial charge on any atom is 0.258 e. The Kier molecular flexibility index (Phi) is 8.48. The normalized spacial score (nSPS) is 11.5. The number of amides is 2. The molecule has 2 amide bonds. The van der Waals surface area contributed by atoms with E-state index in [1.807, 2.05) is 31.4 Å². The van der Waals surface area contributed by atoms with E-state index in [9.17, 15) is 9.59 Å². The summed E-state index contributed by atoms with van der Waals surface area (Å²) in [5.41, 5.74) is 1.42. The first-order valence-corrected chi connectivity index (χ1v) is 10.3. The molecule has 0 aromatic heterocycles. The van der Waals surface area contributed by atoms with Crippen LogP contribution in [0, 0.1) is 6.92 Å². The highest BCUT2D eigenvalue weighted by Gasteiger charge is 2.21. The van der Waals surface area contributed by atoms with Crippen LogP contribution in [0.1, 0.15) is 12.0 Å². The number of carbonyl (C=O) groups excluding carboxylic acids is 2. The molecular formula is C20H23ClN2O3S. The maximum absolute atomic E-state index is 12.7. The summed E-state index contributed by atoms with van der Waals surface area (Å²) in [6.45, 7) is 1.68. The van der Waals surface area contributed by atoms with Crippen molar-refractivity contribution >= 4 is 40.9 Å². The molecule has 144 valence electrons. The summed E-state index contributed by atoms with van der Waals surface area (Å²) >= 11 is 7.72. The van der Waals surface area contributed by atoms with E-state index < -0.39 is 6.04 Å². The lowest BCUT2D eigenvalue weighted by atomic mass is 10.1. The van der Waals surface area contributed by atoms with Gasteiger partial charge in [0.1, 0.15) is 11.8 Å². The molecule has 0 aliphatic carbocycles. The van der Waals surface area contributed by atoms with Gasteiger partial charge in [0.15, 0.2) is 6.61 Å². The molecule has 0 spiro atoms. The Morgan fingerprint density at radius 1 is 1.15 bits per heavy atom. The van der Waals surface area contributed by atoms with Crippen LogP contribution in [0.25, 0.3) is 0 Å². The van der Waals surface area contributed by atoms with E-state index in [2.05, 4.69) is 10.6 Å². The second-order valence-corrected chi connectivity index (χ2v) is 7.30. The van der Waals surface area contributed by atoms with Gasteiger partial charge in [0.2, 0.25) is 5.91 Å². The molecule has 0 saturated heterocycles. The molecule has 2 rings (SSSR count). The third-order valence-electron chi connectivity index (χ3n) is 3.90. The maximum atomic E-state index is 12.7. The number of thioether (sulfide) groups is 1. The highest BCUT2D eigenvalue weighted by Crippen LogP contribution is 2.23. The Morgan fingerprint density at radius 2 is 1.89 bits per heavy atom. The van der Waals surface area contributed by atoms with Crippen molar-refractivity contribution in [2.75, 3.05) is 23.9 Å². The molecule has 0 bridgehead atoms. The summed E-state index contributed by atoms with van der Waals surface area (Å²) in [5, 5.41) is 6.18. The third-order valence-corrected chi connectivity index (χ3v) is 4.95. The summed E-state index contributed by atoms with van der Waals surface area (Å²) in [4.78, 5) is 24.9. The van der Waals surface area contributed by atoms with Gasteiger partial charge in [-0.25, -0.2) is 0 Å². The molecule has 0 saturated carbocycles. The van der Waals surface area contributed by atoms with E-state index in [1.54, 1.807) is 42.1 Å². The SMILES string of the molecule is CSCCC(NC(=O)COc1ccccc1)C(=O)Nc1cccc(Cl)c1C. The fourth-order valence-electron chi connectivity index (χ4n) is 2.37. The Bertz CT molecular complexity index is 771. The van der Waals surface area contributed by atoms with Crippen LogP contribution in [0.3, 0.4) is 0 Å². The topological polar surface area (TPSA) is 67.4 Å². The van der Waals surface area contributed by atoms with Crippen LogP contribution in [0.5, 0.6) is 5.75 Å². The largest absolute Gasteiger partial charge is 0.484 e. The summed E-state index contributed by atoms with van der Waals surface area (Å²) < 4.78 is 5.44. The van der Waals surface area contributed by atoms with E-state index in [-0.39, 0.29) is 18.4 Å². The second-order valence-electron chi connectivity index (χ2n) is 5.90. The Labute approximate surface area is 168 Å². The van der Waals surface area contributed by atoms with Crippen molar-refractivity contribution in [2.45, 2.75) is 19.4 Å². The minimum absolute atomic E-state index is 0.150. The lowest BCUT2D eigenvalue weighted by molar-refractivity contribution is -0.127. The second kappa shape index (κ2) is 10.8. The Morgan fingerprint density at radius 3 is 2.59 bits per heavy atom. The zero-order valence-corrected chi connectivity index (χ0v) is 16.9. The summed E-state index contributed by atoms with van der Waals surface area (Å²) in [6.07, 6.45) is 2.47. The van der Waals surface area contributed by atoms with E-state index >= 15 is 0 Å². The fourth-order valence-corrected chi connectivity index (χ4v) is 3.01. The number of hydrogen-bond acceptors (Lipinski definition) is 4. The summed E-state index contributed by atoms with van der Waals surface area (Å²) in [7, 11) is 0. The molecule has 27 heavy (non-hydrogen) atoms. The molecule has 0 aliphatic rings. The zero-order chi connectivity index (χ0) is 19.6. The van der Waals surface area contributed by atoms with Gasteiger partial charge in [0.05, 0.1) is 0 Å². The monoisotopic (exact) mass is 406 g/mol. The highest BCUT2D eigenvalue weighted by molar-refractivity contribution is 7.98. The predicted molar refractivity (Wildman–Crippen MR) is 112 cm³/mol. The quantitative estimate of drug-likeness (QED) is 0.662. The molecular weight excluding hydrogens is 384 g/mol. The van der Waals surface area contributed by atoms with Gasteiger partial charge < -0.3 is 15.4 Å². The van der Waals surface area contributed by atoms with Crippen molar-refractivity contribution in [2.24, 2.45) is 0 Å². The number of ether oxygens (including phenoxy) is 1. The zero-order valence-electron chi connectivity index (χ0n) is 15.3. The van der Waals surface area contributed by atoms with E-state index in [0.717, 1.165) is 11.3 Å². The molecule has 0 fully saturated rings. The van der Waals surface area contributed by atoms with Gasteiger partial charge in [-0.3, -0.25) is 9.59 Å². The summed E-state index contributed by atoms with van der Waals surface area (Å²) in [6, 6.07) is 13.7. The third kappa shape index (κ3) is 6.81. The number of hydrogen-bond donors (Lipinski definition) is 2. The van der Waals surface area contributed by atoms with Crippen molar-refractivity contribution in [3.05, 3.63) is 59.1 Å². The smallest absolute Gasteiger partial charge is 0.258 e. The van der Waals surface area contributed by atoms with Crippen molar-refractivity contribution < 1.29 is 14.3 Å². The molecule has 0 heterocycles. The van der Waals surface area contributed by atoms with E-state index in [4.69, 9.17) is 16.3 Å². The van der Waals surface area contributed by atoms with Crippen LogP contribution in [-0.2, 0) is 9.59 Å². The van der Waals surface area contributed by atoms with Crippen molar-refractivity contribution in [1.29, 1.82) is 0 Å². The van der Waals surface area contributed by atoms with Crippen LogP contribution in [0.4, 0.5) is 5.69 Å². The number of nitrogens with one attached hydrogen (secondary N) is 2. The first-order valence-electron chi connectivity index (χ1n) is 8.53. The fraction of sp³-hybridized carbons (Fsp3) is 0.300. The van der Waals surface area contributed by atoms with Crippen LogP contribution < -0.4 is 15.4 Å². The molecule has 5 nitrogen and oxygen atoms in total. The first kappa shape index (κ1) is 21.1. The van der Waals surface area contributed by atoms with Gasteiger partial charge in [-0.2, -0.15) is 11.8 Å². The molecule has 1 atom stereocenters. The average Bonchev–Trinajstić information content (AvgIpc) is 2.67. The number of anilines is 1. The van der Waals surface area contributed by atoms with Gasteiger partial charge in [-0.05, 0) is 55.2 Å². The van der Waals surface area contributed by atoms with Gasteiger partial charge in [-0.15, -0.1) is 0 Å². The standard InChI is InChI=1S/C20H23ClN2O3S/c1-14-16(21)9-6-10-17(14)23-20(25)18(11-12-27-2)22-19(24)13-26-15-7-4-3-5-8-15/h3-10,18H,11-13H2,1-2H3,(H,22,24)(H,23,25). The number of carbonyl (C=O) groups is 2. The van der Waals surface area contributed by atoms with Gasteiger partial charge in [0, 0.05) is 10.7 Å². The molecule has 2 aromatic carbocycles. The van der Waals surface area contributed by atoms with Crippen molar-refractivity contribution in [3.63, 3.8) is 0 Å². The summed E-state index contributed by atoms with van der Waals surface area (Å²) in [5.74, 6) is 0.726. The number of benzene rings is 2. The minimum atomic E-state index is -0.650. The molecule has 0 radical (unpaired) electrons. The molecule has 2 aromatic rings. The Hall–Kier alpha value is -2.18. The van der Waals surface area contributed by atoms with Crippen molar-refractivity contribution in [1.82, 2.24) is 5.32 Å². The molecule has 2 N–H and O–H groups in total. The molecule has 0 aliphatic heterocycles. The predicted octanol–water partition coefficient (Wildman–Crippen LogP) is 3.90. The Balaban J connectivity index is 1.97. The molecule has 1 unspecified atom stereocenters. The number of halogens is 1. The minimum Gasteiger partial charge on any atom is -0.484 e. The van der Waals surface area contributed by atoms with Gasteiger partial charge in [0.25, 0.3) is 5.91 Å². The van der Waals surface area contributed by atoms with Crippen molar-refractivity contribution in [3.8, 4) is 5.75 Å². The van der Waals surface area contributed by atoms with Crippen LogP contribution in [0.2, 0.25) is 5.02 Å². The van der Waals surface area contributed by atoms with E-state index in [1.165, 1.54) is 0 Å². The first-order chi connectivity index (χ1) is 13.0. The highest BCUT2D eigenvalue weighted by atomic mass is 35.5. The van der Waals surface area contributed by atoms with Gasteiger partial charge >= 0.3 is 0 Å². The van der Waals surface area contributed by atoms with Crippen LogP contribution in [0.15, 0.2) is 48.5 Å².